The smallest absolute Gasteiger partial charge is 0.367 e. The third-order valence-corrected chi connectivity index (χ3v) is 4.24. The molecular weight excluding hydrogens is 278 g/mol. The molecule has 108 valence electrons. The molecule has 4 aromatic rings. The first kappa shape index (κ1) is 11.7. The Hall–Kier alpha value is -2.95. The van der Waals surface area contributed by atoms with Crippen LogP contribution in [0.5, 0.6) is 11.5 Å². The van der Waals surface area contributed by atoms with Crippen LogP contribution < -0.4 is 14.0 Å². The number of benzene rings is 2. The van der Waals surface area contributed by atoms with Crippen LogP contribution in [0.25, 0.3) is 28.1 Å². The highest BCUT2D eigenvalue weighted by Gasteiger charge is 2.20. The molecule has 2 aromatic carbocycles. The van der Waals surface area contributed by atoms with Gasteiger partial charge >= 0.3 is 5.78 Å². The molecule has 0 fully saturated rings. The summed E-state index contributed by atoms with van der Waals surface area (Å²) in [6, 6.07) is 14.4. The molecule has 0 radical (unpaired) electrons. The molecule has 0 unspecified atom stereocenters. The molecule has 3 heterocycles. The maximum Gasteiger partial charge on any atom is 0.367 e. The Balaban J connectivity index is 1.74. The van der Waals surface area contributed by atoms with E-state index in [9.17, 15) is 0 Å². The summed E-state index contributed by atoms with van der Waals surface area (Å²) in [7, 11) is 2.07. The average Bonchev–Trinajstić information content (AvgIpc) is 3.24. The van der Waals surface area contributed by atoms with Gasteiger partial charge in [0.2, 0.25) is 6.79 Å². The molecule has 0 bridgehead atoms. The van der Waals surface area contributed by atoms with Crippen LogP contribution in [0.15, 0.2) is 48.7 Å². The van der Waals surface area contributed by atoms with Crippen molar-refractivity contribution in [3.63, 3.8) is 0 Å². The number of aromatic amines is 1. The number of aromatic nitrogens is 3. The van der Waals surface area contributed by atoms with Gasteiger partial charge in [-0.05, 0) is 30.3 Å². The minimum atomic E-state index is 0.297. The highest BCUT2D eigenvalue weighted by atomic mass is 16.7. The maximum absolute atomic E-state index is 5.46. The van der Waals surface area contributed by atoms with Crippen LogP contribution in [0.3, 0.4) is 0 Å². The Morgan fingerprint density at radius 1 is 1.09 bits per heavy atom. The molecule has 0 amide bonds. The van der Waals surface area contributed by atoms with Gasteiger partial charge in [-0.2, -0.15) is 4.40 Å². The zero-order valence-electron chi connectivity index (χ0n) is 12.0. The Labute approximate surface area is 126 Å². The van der Waals surface area contributed by atoms with E-state index in [1.807, 2.05) is 18.2 Å². The van der Waals surface area contributed by atoms with Gasteiger partial charge in [0, 0.05) is 5.56 Å². The molecule has 5 nitrogen and oxygen atoms in total. The number of rotatable bonds is 1. The van der Waals surface area contributed by atoms with Crippen LogP contribution in [0, 0.1) is 0 Å². The number of H-pyrrole nitrogens is 1. The van der Waals surface area contributed by atoms with Gasteiger partial charge < -0.3 is 9.47 Å². The molecule has 0 saturated heterocycles. The number of hydrogen-bond donors (Lipinski definition) is 1. The van der Waals surface area contributed by atoms with Gasteiger partial charge in [0.05, 0.1) is 7.05 Å². The van der Waals surface area contributed by atoms with E-state index >= 15 is 0 Å². The van der Waals surface area contributed by atoms with E-state index in [1.165, 1.54) is 11.0 Å². The first-order valence-electron chi connectivity index (χ1n) is 7.19. The van der Waals surface area contributed by atoms with Gasteiger partial charge in [0.25, 0.3) is 0 Å². The lowest BCUT2D eigenvalue weighted by molar-refractivity contribution is -0.620. The zero-order valence-corrected chi connectivity index (χ0v) is 12.0. The number of fused-ring (bicyclic) bond motifs is 4. The lowest BCUT2D eigenvalue weighted by Gasteiger charge is -1.98. The van der Waals surface area contributed by atoms with Gasteiger partial charge in [0.1, 0.15) is 22.9 Å². The molecule has 0 spiro atoms. The van der Waals surface area contributed by atoms with Crippen LogP contribution in [-0.4, -0.2) is 16.2 Å². The molecule has 22 heavy (non-hydrogen) atoms. The molecule has 0 saturated carbocycles. The summed E-state index contributed by atoms with van der Waals surface area (Å²) in [6.07, 6.45) is 2.12. The fourth-order valence-corrected chi connectivity index (χ4v) is 3.11. The molecule has 0 atom stereocenters. The van der Waals surface area contributed by atoms with E-state index in [2.05, 4.69) is 51.5 Å². The second-order valence-electron chi connectivity index (χ2n) is 5.48. The molecule has 0 aliphatic carbocycles. The summed E-state index contributed by atoms with van der Waals surface area (Å²) >= 11 is 0. The molecule has 1 N–H and O–H groups in total. The Morgan fingerprint density at radius 2 is 1.95 bits per heavy atom. The van der Waals surface area contributed by atoms with E-state index in [0.717, 1.165) is 28.5 Å². The van der Waals surface area contributed by atoms with E-state index in [0.29, 0.717) is 6.79 Å². The number of ether oxygens (including phenoxy) is 2. The van der Waals surface area contributed by atoms with Crippen molar-refractivity contribution in [3.05, 3.63) is 48.7 Å². The summed E-state index contributed by atoms with van der Waals surface area (Å²) in [5, 5.41) is 0. The summed E-state index contributed by atoms with van der Waals surface area (Å²) in [5.41, 5.74) is 4.51. The van der Waals surface area contributed by atoms with E-state index < -0.39 is 0 Å². The average molecular weight is 292 g/mol. The minimum absolute atomic E-state index is 0.297. The first-order chi connectivity index (χ1) is 10.8. The third kappa shape index (κ3) is 1.45. The van der Waals surface area contributed by atoms with Gasteiger partial charge in [-0.25, -0.2) is 9.55 Å². The lowest BCUT2D eigenvalue weighted by atomic mass is 10.1. The highest BCUT2D eigenvalue weighted by Crippen LogP contribution is 2.35. The molecule has 1 aliphatic rings. The van der Waals surface area contributed by atoms with Crippen molar-refractivity contribution >= 4 is 16.8 Å². The molecule has 5 rings (SSSR count). The summed E-state index contributed by atoms with van der Waals surface area (Å²) in [5.74, 6) is 2.65. The summed E-state index contributed by atoms with van der Waals surface area (Å²) < 4.78 is 15.2. The van der Waals surface area contributed by atoms with E-state index in [1.54, 1.807) is 0 Å². The van der Waals surface area contributed by atoms with Crippen LogP contribution in [0.1, 0.15) is 0 Å². The predicted molar refractivity (Wildman–Crippen MR) is 82.0 cm³/mol. The highest BCUT2D eigenvalue weighted by molar-refractivity contribution is 5.77. The first-order valence-corrected chi connectivity index (χ1v) is 7.19. The molecular formula is C17H14N3O2+. The summed E-state index contributed by atoms with van der Waals surface area (Å²) in [4.78, 5) is 3.49. The number of para-hydroxylation sites is 2. The third-order valence-electron chi connectivity index (χ3n) is 4.24. The second kappa shape index (κ2) is 4.04. The minimum Gasteiger partial charge on any atom is -0.454 e. The Bertz CT molecular complexity index is 1030. The van der Waals surface area contributed by atoms with Crippen LogP contribution >= 0.6 is 0 Å². The number of nitrogens with zero attached hydrogens (tertiary/aromatic N) is 2. The summed E-state index contributed by atoms with van der Waals surface area (Å²) in [6.45, 7) is 0.297. The fourth-order valence-electron chi connectivity index (χ4n) is 3.11. The quantitative estimate of drug-likeness (QED) is 0.548. The zero-order chi connectivity index (χ0) is 14.7. The Kier molecular flexibility index (Phi) is 2.14. The van der Waals surface area contributed by atoms with Crippen molar-refractivity contribution in [2.75, 3.05) is 6.79 Å². The van der Waals surface area contributed by atoms with Crippen molar-refractivity contribution in [1.82, 2.24) is 9.38 Å². The predicted octanol–water partition coefficient (Wildman–Crippen LogP) is 2.64. The number of aryl methyl sites for hydroxylation is 1. The van der Waals surface area contributed by atoms with E-state index in [-0.39, 0.29) is 0 Å². The Morgan fingerprint density at radius 3 is 2.91 bits per heavy atom. The standard InChI is InChI=1S/C17H13N3O2/c1-19-13-4-2-3-5-14(13)20-9-12(18-17(19)20)11-6-7-15-16(8-11)22-10-21-15/h2-9H,10H2,1H3/p+1. The number of hydrogen-bond acceptors (Lipinski definition) is 2. The topological polar surface area (TPSA) is 42.5 Å². The van der Waals surface area contributed by atoms with Gasteiger partial charge in [-0.3, -0.25) is 0 Å². The second-order valence-corrected chi connectivity index (χ2v) is 5.48. The molecule has 5 heteroatoms. The van der Waals surface area contributed by atoms with Crippen molar-refractivity contribution < 1.29 is 14.0 Å². The van der Waals surface area contributed by atoms with Crippen molar-refractivity contribution in [2.24, 2.45) is 7.05 Å². The van der Waals surface area contributed by atoms with Gasteiger partial charge in [-0.15, -0.1) is 0 Å². The van der Waals surface area contributed by atoms with Gasteiger partial charge in [0.15, 0.2) is 11.5 Å². The van der Waals surface area contributed by atoms with Crippen LogP contribution in [0.4, 0.5) is 0 Å². The van der Waals surface area contributed by atoms with Crippen LogP contribution in [-0.2, 0) is 7.05 Å². The van der Waals surface area contributed by atoms with Crippen molar-refractivity contribution in [2.45, 2.75) is 0 Å². The van der Waals surface area contributed by atoms with E-state index in [4.69, 9.17) is 9.47 Å². The van der Waals surface area contributed by atoms with Gasteiger partial charge in [-0.1, -0.05) is 12.1 Å². The number of nitrogens with one attached hydrogen (secondary N) is 1. The largest absolute Gasteiger partial charge is 0.454 e. The number of imidazole rings is 2. The fraction of sp³-hybridized carbons (Fsp3) is 0.118. The normalized spacial score (nSPS) is 13.3. The molecule has 2 aromatic heterocycles. The van der Waals surface area contributed by atoms with Crippen LogP contribution in [0.2, 0.25) is 0 Å². The monoisotopic (exact) mass is 292 g/mol. The van der Waals surface area contributed by atoms with Crippen molar-refractivity contribution in [3.8, 4) is 22.8 Å². The lowest BCUT2D eigenvalue weighted by Crippen LogP contribution is -2.27. The molecule has 1 aliphatic heterocycles. The maximum atomic E-state index is 5.46. The SMILES string of the molecule is C[n+]1c2ccccc2n2cc(-c3ccc4c(c3)OCO4)[nH]c21. The van der Waals surface area contributed by atoms with Crippen molar-refractivity contribution in [1.29, 1.82) is 0 Å².